The molecule has 0 aromatic heterocycles. The third kappa shape index (κ3) is 7.01. The van der Waals surface area contributed by atoms with E-state index < -0.39 is 11.9 Å². The maximum Gasteiger partial charge on any atom is 0.255 e. The first-order valence-corrected chi connectivity index (χ1v) is 19.0. The third-order valence-electron chi connectivity index (χ3n) is 11.8. The van der Waals surface area contributed by atoms with E-state index in [1.165, 1.54) is 33.2 Å². The minimum Gasteiger partial charge on any atom is -0.494 e. The molecule has 0 spiro atoms. The van der Waals surface area contributed by atoms with E-state index in [0.717, 1.165) is 69.5 Å². The summed E-state index contributed by atoms with van der Waals surface area (Å²) in [7, 11) is 0. The van der Waals surface area contributed by atoms with E-state index in [-0.39, 0.29) is 36.5 Å². The summed E-state index contributed by atoms with van der Waals surface area (Å²) in [5.41, 5.74) is 7.38. The van der Waals surface area contributed by atoms with E-state index in [4.69, 9.17) is 4.74 Å². The first-order valence-electron chi connectivity index (χ1n) is 19.0. The number of likely N-dealkylation sites (tertiary alicyclic amines) is 1. The van der Waals surface area contributed by atoms with Crippen molar-refractivity contribution in [3.05, 3.63) is 136 Å². The quantitative estimate of drug-likeness (QED) is 0.137. The third-order valence-corrected chi connectivity index (χ3v) is 11.8. The number of carbonyl (C=O) groups is 3. The summed E-state index contributed by atoms with van der Waals surface area (Å²) in [5.74, 6) is 0.311. The number of piperidine rings is 2. The van der Waals surface area contributed by atoms with Gasteiger partial charge in [-0.1, -0.05) is 72.8 Å². The van der Waals surface area contributed by atoms with Gasteiger partial charge in [0.25, 0.3) is 5.91 Å². The number of fused-ring (bicyclic) bond motifs is 2. The summed E-state index contributed by atoms with van der Waals surface area (Å²) >= 11 is 0. The highest BCUT2D eigenvalue weighted by Crippen LogP contribution is 2.46. The van der Waals surface area contributed by atoms with Crippen molar-refractivity contribution in [3.8, 4) is 5.75 Å². The standard InChI is InChI=1S/C44H46FN3O4/c45-39-27-38-33(28-48(44(38)51)40-18-19-41(49)46-43(40)50)26-37(39)31-20-23-47(24-21-31)22-6-7-25-52-34-15-12-32(13-16-34)42-35-11-5-4-10-30(35)14-17-36(42)29-8-2-1-3-9-29/h1-5,8-13,15-16,26-27,31,36,40,42H,6-7,14,17-25,28H2,(H,46,49,50). The van der Waals surface area contributed by atoms with Crippen LogP contribution in [-0.4, -0.2) is 59.8 Å². The molecule has 3 atom stereocenters. The lowest BCUT2D eigenvalue weighted by atomic mass is 9.69. The van der Waals surface area contributed by atoms with Crippen molar-refractivity contribution in [2.75, 3.05) is 26.2 Å². The number of hydrogen-bond donors (Lipinski definition) is 1. The Hall–Kier alpha value is -4.82. The summed E-state index contributed by atoms with van der Waals surface area (Å²) in [4.78, 5) is 41.0. The second kappa shape index (κ2) is 15.0. The lowest BCUT2D eigenvalue weighted by Gasteiger charge is -2.34. The second-order valence-electron chi connectivity index (χ2n) is 14.9. The maximum absolute atomic E-state index is 15.4. The van der Waals surface area contributed by atoms with Gasteiger partial charge in [-0.2, -0.15) is 0 Å². The van der Waals surface area contributed by atoms with Crippen molar-refractivity contribution in [1.82, 2.24) is 15.1 Å². The minimum absolute atomic E-state index is 0.0951. The predicted molar refractivity (Wildman–Crippen MR) is 198 cm³/mol. The molecule has 4 aromatic rings. The summed E-state index contributed by atoms with van der Waals surface area (Å²) in [6.07, 6.45) is 6.46. The van der Waals surface area contributed by atoms with E-state index >= 15 is 4.39 Å². The van der Waals surface area contributed by atoms with Crippen LogP contribution in [0.25, 0.3) is 0 Å². The van der Waals surface area contributed by atoms with Crippen LogP contribution in [0.3, 0.4) is 0 Å². The van der Waals surface area contributed by atoms with Gasteiger partial charge in [0, 0.05) is 24.4 Å². The number of unbranched alkanes of at least 4 members (excludes halogenated alkanes) is 1. The molecule has 0 saturated carbocycles. The molecule has 0 bridgehead atoms. The van der Waals surface area contributed by atoms with Gasteiger partial charge in [0.1, 0.15) is 17.6 Å². The minimum atomic E-state index is -0.698. The smallest absolute Gasteiger partial charge is 0.255 e. The van der Waals surface area contributed by atoms with Crippen LogP contribution in [0, 0.1) is 5.82 Å². The Labute approximate surface area is 305 Å². The van der Waals surface area contributed by atoms with Gasteiger partial charge in [0.05, 0.1) is 6.61 Å². The molecule has 268 valence electrons. The van der Waals surface area contributed by atoms with Gasteiger partial charge in [-0.05, 0) is 128 Å². The van der Waals surface area contributed by atoms with Crippen LogP contribution in [0.2, 0.25) is 0 Å². The topological polar surface area (TPSA) is 79.0 Å². The molecular weight excluding hydrogens is 653 g/mol. The summed E-state index contributed by atoms with van der Waals surface area (Å²) in [6, 6.07) is 31.1. The van der Waals surface area contributed by atoms with Crippen molar-refractivity contribution in [2.24, 2.45) is 0 Å². The van der Waals surface area contributed by atoms with Crippen LogP contribution < -0.4 is 10.1 Å². The van der Waals surface area contributed by atoms with Crippen molar-refractivity contribution >= 4 is 17.7 Å². The number of halogens is 1. The average molecular weight is 700 g/mol. The molecule has 2 saturated heterocycles. The average Bonchev–Trinajstić information content (AvgIpc) is 3.49. The fourth-order valence-electron chi connectivity index (χ4n) is 9.02. The van der Waals surface area contributed by atoms with Gasteiger partial charge in [-0.25, -0.2) is 4.39 Å². The number of benzene rings is 4. The number of nitrogens with zero attached hydrogens (tertiary/aromatic N) is 2. The second-order valence-corrected chi connectivity index (χ2v) is 14.9. The Kier molecular flexibility index (Phi) is 9.91. The van der Waals surface area contributed by atoms with Gasteiger partial charge < -0.3 is 14.5 Å². The first-order chi connectivity index (χ1) is 25.4. The number of carbonyl (C=O) groups excluding carboxylic acids is 3. The number of imide groups is 1. The van der Waals surface area contributed by atoms with Crippen molar-refractivity contribution in [3.63, 3.8) is 0 Å². The number of aryl methyl sites for hydroxylation is 1. The molecule has 52 heavy (non-hydrogen) atoms. The fraction of sp³-hybridized carbons (Fsp3) is 0.386. The first kappa shape index (κ1) is 34.3. The zero-order valence-corrected chi connectivity index (χ0v) is 29.6. The van der Waals surface area contributed by atoms with Crippen LogP contribution in [0.4, 0.5) is 4.39 Å². The number of nitrogens with one attached hydrogen (secondary N) is 1. The molecule has 7 nitrogen and oxygen atoms in total. The number of ether oxygens (including phenoxy) is 1. The Morgan fingerprint density at radius 3 is 2.31 bits per heavy atom. The van der Waals surface area contributed by atoms with E-state index in [9.17, 15) is 14.4 Å². The van der Waals surface area contributed by atoms with E-state index in [0.29, 0.717) is 36.0 Å². The molecule has 3 aliphatic heterocycles. The monoisotopic (exact) mass is 699 g/mol. The molecule has 2 fully saturated rings. The summed E-state index contributed by atoms with van der Waals surface area (Å²) in [6.45, 7) is 3.73. The Bertz CT molecular complexity index is 1940. The Balaban J connectivity index is 0.803. The normalized spacial score (nSPS) is 22.2. The zero-order valence-electron chi connectivity index (χ0n) is 29.6. The molecule has 8 rings (SSSR count). The van der Waals surface area contributed by atoms with Gasteiger partial charge in [0.2, 0.25) is 11.8 Å². The fourth-order valence-corrected chi connectivity index (χ4v) is 9.02. The Morgan fingerprint density at radius 1 is 0.750 bits per heavy atom. The van der Waals surface area contributed by atoms with Gasteiger partial charge >= 0.3 is 0 Å². The molecule has 4 aliphatic rings. The summed E-state index contributed by atoms with van der Waals surface area (Å²) in [5, 5.41) is 2.32. The molecule has 3 unspecified atom stereocenters. The highest BCUT2D eigenvalue weighted by molar-refractivity contribution is 6.05. The summed E-state index contributed by atoms with van der Waals surface area (Å²) < 4.78 is 21.5. The SMILES string of the molecule is O=C1CCC(N2Cc3cc(C4CCN(CCCCOc5ccc(C6c7ccccc7CCC6c6ccccc6)cc5)CC4)c(F)cc3C2=O)C(=O)N1. The molecule has 4 aromatic carbocycles. The van der Waals surface area contributed by atoms with E-state index in [1.807, 2.05) is 6.07 Å². The van der Waals surface area contributed by atoms with Crippen LogP contribution >= 0.6 is 0 Å². The maximum atomic E-state index is 15.4. The predicted octanol–water partition coefficient (Wildman–Crippen LogP) is 7.49. The molecule has 0 radical (unpaired) electrons. The van der Waals surface area contributed by atoms with Crippen LogP contribution in [0.5, 0.6) is 5.75 Å². The zero-order chi connectivity index (χ0) is 35.6. The number of amides is 3. The Morgan fingerprint density at radius 2 is 1.52 bits per heavy atom. The molecular formula is C44H46FN3O4. The molecule has 3 heterocycles. The van der Waals surface area contributed by atoms with Crippen LogP contribution in [0.15, 0.2) is 91.0 Å². The molecule has 1 N–H and O–H groups in total. The van der Waals surface area contributed by atoms with Crippen LogP contribution in [0.1, 0.15) is 106 Å². The lowest BCUT2D eigenvalue weighted by Crippen LogP contribution is -2.52. The van der Waals surface area contributed by atoms with E-state index in [2.05, 4.69) is 89.1 Å². The van der Waals surface area contributed by atoms with Crippen molar-refractivity contribution in [1.29, 1.82) is 0 Å². The van der Waals surface area contributed by atoms with Crippen LogP contribution in [-0.2, 0) is 22.6 Å². The largest absolute Gasteiger partial charge is 0.494 e. The number of rotatable bonds is 10. The van der Waals surface area contributed by atoms with E-state index in [1.54, 1.807) is 0 Å². The molecule has 8 heteroatoms. The van der Waals surface area contributed by atoms with Gasteiger partial charge in [0.15, 0.2) is 0 Å². The molecule has 3 amide bonds. The number of hydrogen-bond acceptors (Lipinski definition) is 5. The molecule has 1 aliphatic carbocycles. The van der Waals surface area contributed by atoms with Crippen molar-refractivity contribution < 1.29 is 23.5 Å². The lowest BCUT2D eigenvalue weighted by molar-refractivity contribution is -0.136. The van der Waals surface area contributed by atoms with Gasteiger partial charge in [-0.3, -0.25) is 19.7 Å². The van der Waals surface area contributed by atoms with Gasteiger partial charge in [-0.15, -0.1) is 0 Å². The highest BCUT2D eigenvalue weighted by atomic mass is 19.1. The highest BCUT2D eigenvalue weighted by Gasteiger charge is 2.40. The van der Waals surface area contributed by atoms with Crippen molar-refractivity contribution in [2.45, 2.75) is 81.7 Å².